The fraction of sp³-hybridized carbons (Fsp3) is 0.593. The molecule has 244 valence electrons. The highest BCUT2D eigenvalue weighted by Crippen LogP contribution is 2.41. The van der Waals surface area contributed by atoms with E-state index in [0.717, 1.165) is 12.4 Å². The lowest BCUT2D eigenvalue weighted by molar-refractivity contribution is -0.125. The van der Waals surface area contributed by atoms with Crippen molar-refractivity contribution >= 4 is 35.0 Å². The van der Waals surface area contributed by atoms with Gasteiger partial charge in [0.25, 0.3) is 11.8 Å². The lowest BCUT2D eigenvalue weighted by Crippen LogP contribution is -2.40. The van der Waals surface area contributed by atoms with Gasteiger partial charge in [0.15, 0.2) is 5.82 Å². The summed E-state index contributed by atoms with van der Waals surface area (Å²) >= 11 is 0. The minimum Gasteiger partial charge on any atom is -0.390 e. The van der Waals surface area contributed by atoms with Crippen molar-refractivity contribution < 1.29 is 44.6 Å². The third kappa shape index (κ3) is 9.13. The molecule has 2 atom stereocenters. The quantitative estimate of drug-likeness (QED) is 0.152. The van der Waals surface area contributed by atoms with Crippen molar-refractivity contribution in [2.24, 2.45) is 21.6 Å². The summed E-state index contributed by atoms with van der Waals surface area (Å²) in [6, 6.07) is 0.935. The predicted molar refractivity (Wildman–Crippen MR) is 152 cm³/mol. The summed E-state index contributed by atoms with van der Waals surface area (Å²) < 4.78 is 96.9. The molecule has 1 aromatic heterocycles. The number of carbonyl (C=O) groups excluding carboxylic acids is 2. The zero-order chi connectivity index (χ0) is 32.1. The van der Waals surface area contributed by atoms with E-state index in [1.165, 1.54) is 6.07 Å². The fourth-order valence-electron chi connectivity index (χ4n) is 4.89. The molecule has 2 amide bonds. The molecule has 0 radical (unpaired) electrons. The van der Waals surface area contributed by atoms with Crippen molar-refractivity contribution in [1.29, 1.82) is 0 Å². The van der Waals surface area contributed by atoms with E-state index in [4.69, 9.17) is 5.73 Å². The summed E-state index contributed by atoms with van der Waals surface area (Å²) in [7, 11) is 0. The molecular formula is C27H40F7N7O2. The number of nitrogens with two attached hydrogens (primary N) is 1. The lowest BCUT2D eigenvalue weighted by atomic mass is 9.81. The maximum Gasteiger partial charge on any atom is 0.289 e. The van der Waals surface area contributed by atoms with Gasteiger partial charge in [-0.3, -0.25) is 14.6 Å². The molecule has 1 fully saturated rings. The van der Waals surface area contributed by atoms with Crippen LogP contribution in [0.5, 0.6) is 0 Å². The fourth-order valence-corrected chi connectivity index (χ4v) is 4.89. The number of imidazole rings is 1. The predicted octanol–water partition coefficient (Wildman–Crippen LogP) is 5.73. The smallest absolute Gasteiger partial charge is 0.289 e. The number of benzene rings is 1. The molecule has 1 aliphatic carbocycles. The monoisotopic (exact) mass is 627 g/mol. The van der Waals surface area contributed by atoms with E-state index in [9.17, 15) is 35.9 Å². The van der Waals surface area contributed by atoms with Crippen LogP contribution in [0.3, 0.4) is 0 Å². The van der Waals surface area contributed by atoms with Gasteiger partial charge in [-0.25, -0.2) is 40.7 Å². The van der Waals surface area contributed by atoms with Crippen molar-refractivity contribution in [2.75, 3.05) is 6.54 Å². The Kier molecular flexibility index (Phi) is 10.8. The van der Waals surface area contributed by atoms with Crippen LogP contribution >= 0.6 is 0 Å². The van der Waals surface area contributed by atoms with Gasteiger partial charge in [0.05, 0.1) is 30.4 Å². The van der Waals surface area contributed by atoms with Crippen LogP contribution in [0.1, 0.15) is 80.5 Å². The molecule has 0 unspecified atom stereocenters. The number of hydrogen-bond acceptors (Lipinski definition) is 4. The number of alkyl halides is 6. The van der Waals surface area contributed by atoms with Crippen molar-refractivity contribution in [3.05, 3.63) is 29.3 Å². The minimum absolute atomic E-state index is 0. The number of amides is 2. The van der Waals surface area contributed by atoms with E-state index in [-0.39, 0.29) is 45.9 Å². The molecule has 2 aromatic rings. The van der Waals surface area contributed by atoms with E-state index in [1.54, 1.807) is 13.8 Å². The first-order valence-corrected chi connectivity index (χ1v) is 13.6. The number of aromatic nitrogens is 2. The molecule has 9 nitrogen and oxygen atoms in total. The van der Waals surface area contributed by atoms with Gasteiger partial charge in [-0.2, -0.15) is 0 Å². The Hall–Kier alpha value is -3.72. The molecule has 0 aliphatic heterocycles. The van der Waals surface area contributed by atoms with Crippen molar-refractivity contribution in [3.63, 3.8) is 0 Å². The number of hydrogen-bond donors (Lipinski definition) is 4. The molecule has 0 bridgehead atoms. The molecule has 1 aliphatic rings. The zero-order valence-corrected chi connectivity index (χ0v) is 23.7. The molecule has 1 saturated carbocycles. The van der Waals surface area contributed by atoms with Gasteiger partial charge < -0.3 is 21.4 Å². The summed E-state index contributed by atoms with van der Waals surface area (Å²) in [5, 5.41) is 4.55. The van der Waals surface area contributed by atoms with Gasteiger partial charge in [-0.05, 0) is 38.7 Å². The van der Waals surface area contributed by atoms with E-state index in [1.807, 2.05) is 5.32 Å². The molecule has 0 spiro atoms. The standard InChI is InChI=1S/C27H34F7N7O2.3H2/c1-13(2)38-23(37-12-35)25(43)41-20(14-6-8-27(33,34)9-7-14)22-39-17-5-4-15(19(30)21(17)40-22)16(10-18(28)29)24(42)36-11-26(3,31)32;;;/h4-5,12-14,16,18,20H,6-11H2,1-3H3,(H,36,42)(H,39,40)(H,41,43)(H2,35,37,38);3*1H/t16-,20-;;;/m0.../s1. The molecule has 16 heteroatoms. The topological polar surface area (TPSA) is 138 Å². The first-order chi connectivity index (χ1) is 20.0. The second-order valence-corrected chi connectivity index (χ2v) is 10.9. The zero-order valence-electron chi connectivity index (χ0n) is 23.7. The van der Waals surface area contributed by atoms with E-state index >= 15 is 4.39 Å². The Morgan fingerprint density at radius 3 is 2.47 bits per heavy atom. The number of amidine groups is 1. The average Bonchev–Trinajstić information content (AvgIpc) is 3.34. The van der Waals surface area contributed by atoms with Gasteiger partial charge in [-0.1, -0.05) is 6.07 Å². The second-order valence-electron chi connectivity index (χ2n) is 10.9. The van der Waals surface area contributed by atoms with E-state index in [2.05, 4.69) is 25.3 Å². The van der Waals surface area contributed by atoms with Crippen LogP contribution in [0, 0.1) is 11.7 Å². The van der Waals surface area contributed by atoms with Crippen molar-refractivity contribution in [3.8, 4) is 0 Å². The number of H-pyrrole nitrogens is 1. The number of halogens is 7. The average molecular weight is 628 g/mol. The van der Waals surface area contributed by atoms with Crippen LogP contribution in [0.15, 0.2) is 22.1 Å². The maximum absolute atomic E-state index is 15.8. The van der Waals surface area contributed by atoms with Crippen LogP contribution in [-0.2, 0) is 9.59 Å². The number of carbonyl (C=O) groups is 2. The molecule has 3 rings (SSSR count). The summed E-state index contributed by atoms with van der Waals surface area (Å²) in [6.07, 6.45) is -4.30. The first-order valence-electron chi connectivity index (χ1n) is 13.6. The molecule has 43 heavy (non-hydrogen) atoms. The Balaban J connectivity index is 0.00000675. The summed E-state index contributed by atoms with van der Waals surface area (Å²) in [6.45, 7) is 2.76. The van der Waals surface area contributed by atoms with Crippen LogP contribution in [0.25, 0.3) is 11.0 Å². The number of aromatic amines is 1. The SMILES string of the molecule is CC(C)N=C(N=CN)C(=O)N[C@H](c1nc2c(F)c([C@H](CC(F)F)C(=O)NCC(C)(F)F)ccc2[nH]1)C1CCC(F)(F)CC1.[HH].[HH].[HH]. The first kappa shape index (κ1) is 33.8. The third-order valence-electron chi connectivity index (χ3n) is 6.91. The molecule has 0 saturated heterocycles. The van der Waals surface area contributed by atoms with Crippen molar-refractivity contribution in [1.82, 2.24) is 20.6 Å². The highest BCUT2D eigenvalue weighted by Gasteiger charge is 2.40. The van der Waals surface area contributed by atoms with E-state index in [0.29, 0.717) is 6.92 Å². The van der Waals surface area contributed by atoms with Gasteiger partial charge in [-0.15, -0.1) is 0 Å². The van der Waals surface area contributed by atoms with Gasteiger partial charge >= 0.3 is 0 Å². The van der Waals surface area contributed by atoms with Crippen molar-refractivity contribution in [2.45, 2.75) is 89.1 Å². The molecule has 1 aromatic carbocycles. The highest BCUT2D eigenvalue weighted by atomic mass is 19.3. The van der Waals surface area contributed by atoms with Gasteiger partial charge in [0.2, 0.25) is 24.1 Å². The summed E-state index contributed by atoms with van der Waals surface area (Å²) in [5.41, 5.74) is 4.53. The van der Waals surface area contributed by atoms with E-state index < -0.39 is 85.2 Å². The third-order valence-corrected chi connectivity index (χ3v) is 6.91. The van der Waals surface area contributed by atoms with Gasteiger partial charge in [0, 0.05) is 42.1 Å². The van der Waals surface area contributed by atoms with Gasteiger partial charge in [0.1, 0.15) is 11.3 Å². The Morgan fingerprint density at radius 1 is 1.26 bits per heavy atom. The maximum atomic E-state index is 15.8. The summed E-state index contributed by atoms with van der Waals surface area (Å²) in [5.74, 6) is -12.1. The number of aliphatic imine (C=N–C) groups is 2. The van der Waals surface area contributed by atoms with Crippen LogP contribution in [0.2, 0.25) is 0 Å². The van der Waals surface area contributed by atoms with Crippen LogP contribution in [0.4, 0.5) is 30.7 Å². The molecule has 5 N–H and O–H groups in total. The molecular weight excluding hydrogens is 587 g/mol. The van der Waals surface area contributed by atoms with Crippen LogP contribution in [-0.4, -0.2) is 64.8 Å². The number of nitrogens with one attached hydrogen (secondary N) is 3. The van der Waals surface area contributed by atoms with Crippen LogP contribution < -0.4 is 16.4 Å². The normalized spacial score (nSPS) is 18.0. The summed E-state index contributed by atoms with van der Waals surface area (Å²) in [4.78, 5) is 40.7. The largest absolute Gasteiger partial charge is 0.390 e. The highest BCUT2D eigenvalue weighted by molar-refractivity contribution is 6.39. The Bertz CT molecular complexity index is 1360. The minimum atomic E-state index is -3.33. The second kappa shape index (κ2) is 13.7. The Labute approximate surface area is 247 Å². The number of rotatable bonds is 10. The Morgan fingerprint density at radius 2 is 1.91 bits per heavy atom. The lowest BCUT2D eigenvalue weighted by Gasteiger charge is -2.33. The number of fused-ring (bicyclic) bond motifs is 1. The number of nitrogens with zero attached hydrogens (tertiary/aromatic N) is 3. The molecule has 1 heterocycles.